The third kappa shape index (κ3) is 4.81. The first kappa shape index (κ1) is 16.5. The van der Waals surface area contributed by atoms with E-state index in [9.17, 15) is 13.6 Å². The molecule has 23 heavy (non-hydrogen) atoms. The van der Waals surface area contributed by atoms with Gasteiger partial charge in [0.15, 0.2) is 18.2 Å². The van der Waals surface area contributed by atoms with Crippen molar-refractivity contribution in [3.05, 3.63) is 54.0 Å². The average molecular weight is 320 g/mol. The number of amides is 1. The van der Waals surface area contributed by atoms with Crippen LogP contribution in [0.25, 0.3) is 0 Å². The highest BCUT2D eigenvalue weighted by molar-refractivity contribution is 5.77. The molecule has 0 fully saturated rings. The van der Waals surface area contributed by atoms with Crippen LogP contribution in [0.2, 0.25) is 0 Å². The largest absolute Gasteiger partial charge is 0.481 e. The summed E-state index contributed by atoms with van der Waals surface area (Å²) in [5, 5.41) is 8.67. The molecule has 1 aromatic carbocycles. The Labute approximate surface area is 131 Å². The van der Waals surface area contributed by atoms with Gasteiger partial charge in [-0.15, -0.1) is 0 Å². The van der Waals surface area contributed by atoms with Crippen molar-refractivity contribution in [2.75, 3.05) is 13.2 Å². The van der Waals surface area contributed by atoms with Gasteiger partial charge in [-0.3, -0.25) is 4.79 Å². The summed E-state index contributed by atoms with van der Waals surface area (Å²) in [5.74, 6) is -1.69. The van der Waals surface area contributed by atoms with Gasteiger partial charge in [0.25, 0.3) is 5.91 Å². The van der Waals surface area contributed by atoms with Crippen LogP contribution in [0.3, 0.4) is 0 Å². The van der Waals surface area contributed by atoms with E-state index < -0.39 is 24.1 Å². The van der Waals surface area contributed by atoms with Crippen LogP contribution >= 0.6 is 0 Å². The molecule has 0 atom stereocenters. The molecule has 120 valence electrons. The van der Waals surface area contributed by atoms with E-state index in [1.54, 1.807) is 12.1 Å². The van der Waals surface area contributed by atoms with Gasteiger partial charge in [-0.05, 0) is 24.3 Å². The third-order valence-corrected chi connectivity index (χ3v) is 3.02. The number of furan rings is 1. The molecule has 0 unspecified atom stereocenters. The summed E-state index contributed by atoms with van der Waals surface area (Å²) in [7, 11) is 0. The Morgan fingerprint density at radius 3 is 2.83 bits per heavy atom. The first-order chi connectivity index (χ1) is 11.1. The number of hydrogen-bond donors (Lipinski definition) is 0. The minimum absolute atomic E-state index is 0.150. The van der Waals surface area contributed by atoms with Gasteiger partial charge in [-0.2, -0.15) is 5.26 Å². The lowest BCUT2D eigenvalue weighted by Crippen LogP contribution is -2.35. The molecular weight excluding hydrogens is 306 g/mol. The van der Waals surface area contributed by atoms with Crippen LogP contribution in [-0.4, -0.2) is 24.0 Å². The number of nitriles is 1. The van der Waals surface area contributed by atoms with Gasteiger partial charge in [0.2, 0.25) is 0 Å². The molecule has 5 nitrogen and oxygen atoms in total. The maximum absolute atomic E-state index is 13.5. The van der Waals surface area contributed by atoms with Crippen LogP contribution in [0, 0.1) is 23.0 Å². The van der Waals surface area contributed by atoms with E-state index in [1.165, 1.54) is 11.2 Å². The van der Waals surface area contributed by atoms with E-state index in [-0.39, 0.29) is 25.3 Å². The Bertz CT molecular complexity index is 696. The van der Waals surface area contributed by atoms with Crippen LogP contribution in [0.1, 0.15) is 12.2 Å². The number of hydrogen-bond acceptors (Lipinski definition) is 4. The highest BCUT2D eigenvalue weighted by Gasteiger charge is 2.17. The van der Waals surface area contributed by atoms with E-state index in [0.29, 0.717) is 11.8 Å². The monoisotopic (exact) mass is 320 g/mol. The number of nitrogens with zero attached hydrogens (tertiary/aromatic N) is 2. The fraction of sp³-hybridized carbons (Fsp3) is 0.250. The molecule has 0 spiro atoms. The molecule has 1 aromatic heterocycles. The molecule has 0 aliphatic rings. The van der Waals surface area contributed by atoms with Crippen molar-refractivity contribution in [3.63, 3.8) is 0 Å². The fourth-order valence-electron chi connectivity index (χ4n) is 1.89. The maximum atomic E-state index is 13.5. The van der Waals surface area contributed by atoms with Crippen LogP contribution in [-0.2, 0) is 11.3 Å². The quantitative estimate of drug-likeness (QED) is 0.787. The van der Waals surface area contributed by atoms with E-state index in [1.807, 2.05) is 6.07 Å². The first-order valence-electron chi connectivity index (χ1n) is 6.85. The summed E-state index contributed by atoms with van der Waals surface area (Å²) in [6.07, 6.45) is 1.63. The first-order valence-corrected chi connectivity index (χ1v) is 6.85. The average Bonchev–Trinajstić information content (AvgIpc) is 3.03. The van der Waals surface area contributed by atoms with Crippen molar-refractivity contribution in [2.24, 2.45) is 0 Å². The number of carbonyl (C=O) groups is 1. The highest BCUT2D eigenvalue weighted by Crippen LogP contribution is 2.17. The topological polar surface area (TPSA) is 66.5 Å². The zero-order chi connectivity index (χ0) is 16.7. The lowest BCUT2D eigenvalue weighted by molar-refractivity contribution is -0.134. The Hall–Kier alpha value is -2.88. The molecular formula is C16H14F2N2O3. The summed E-state index contributed by atoms with van der Waals surface area (Å²) < 4.78 is 36.5. The van der Waals surface area contributed by atoms with Gasteiger partial charge in [-0.1, -0.05) is 0 Å². The van der Waals surface area contributed by atoms with E-state index in [4.69, 9.17) is 14.4 Å². The Balaban J connectivity index is 1.97. The highest BCUT2D eigenvalue weighted by atomic mass is 19.1. The number of rotatable bonds is 7. The van der Waals surface area contributed by atoms with Gasteiger partial charge in [-0.25, -0.2) is 8.78 Å². The van der Waals surface area contributed by atoms with Crippen molar-refractivity contribution < 1.29 is 22.7 Å². The maximum Gasteiger partial charge on any atom is 0.260 e. The molecule has 0 radical (unpaired) electrons. The number of ether oxygens (including phenoxy) is 1. The fourth-order valence-corrected chi connectivity index (χ4v) is 1.89. The van der Waals surface area contributed by atoms with Gasteiger partial charge in [0.1, 0.15) is 11.6 Å². The van der Waals surface area contributed by atoms with Crippen molar-refractivity contribution in [3.8, 4) is 11.8 Å². The van der Waals surface area contributed by atoms with Crippen molar-refractivity contribution in [2.45, 2.75) is 13.0 Å². The summed E-state index contributed by atoms with van der Waals surface area (Å²) in [5.41, 5.74) is 0. The number of carbonyl (C=O) groups excluding carboxylic acids is 1. The number of benzene rings is 1. The van der Waals surface area contributed by atoms with Gasteiger partial charge in [0, 0.05) is 12.6 Å². The zero-order valence-electron chi connectivity index (χ0n) is 12.2. The molecule has 0 aliphatic heterocycles. The molecule has 0 aliphatic carbocycles. The SMILES string of the molecule is N#CCCN(Cc1ccco1)C(=O)COc1ccc(F)cc1F. The summed E-state index contributed by atoms with van der Waals surface area (Å²) >= 11 is 0. The van der Waals surface area contributed by atoms with Crippen molar-refractivity contribution in [1.82, 2.24) is 4.90 Å². The molecule has 7 heteroatoms. The Morgan fingerprint density at radius 2 is 2.17 bits per heavy atom. The molecule has 0 bridgehead atoms. The lowest BCUT2D eigenvalue weighted by Gasteiger charge is -2.20. The zero-order valence-corrected chi connectivity index (χ0v) is 12.2. The molecule has 2 aromatic rings. The van der Waals surface area contributed by atoms with Gasteiger partial charge < -0.3 is 14.1 Å². The predicted octanol–water partition coefficient (Wildman–Crippen LogP) is 2.88. The van der Waals surface area contributed by atoms with Crippen LogP contribution < -0.4 is 4.74 Å². The van der Waals surface area contributed by atoms with E-state index >= 15 is 0 Å². The summed E-state index contributed by atoms with van der Waals surface area (Å²) in [4.78, 5) is 13.6. The second-order valence-corrected chi connectivity index (χ2v) is 4.67. The summed E-state index contributed by atoms with van der Waals surface area (Å²) in [6.45, 7) is -0.0389. The standard InChI is InChI=1S/C16H14F2N2O3/c17-12-4-5-15(14(18)9-12)23-11-16(21)20(7-2-6-19)10-13-3-1-8-22-13/h1,3-5,8-9H,2,7,10-11H2. The van der Waals surface area contributed by atoms with Crippen LogP contribution in [0.5, 0.6) is 5.75 Å². The molecule has 0 N–H and O–H groups in total. The minimum Gasteiger partial charge on any atom is -0.481 e. The van der Waals surface area contributed by atoms with Crippen LogP contribution in [0.15, 0.2) is 41.0 Å². The van der Waals surface area contributed by atoms with Crippen molar-refractivity contribution >= 4 is 5.91 Å². The molecule has 1 heterocycles. The van der Waals surface area contributed by atoms with E-state index in [2.05, 4.69) is 0 Å². The van der Waals surface area contributed by atoms with Crippen LogP contribution in [0.4, 0.5) is 8.78 Å². The Kier molecular flexibility index (Phi) is 5.69. The third-order valence-electron chi connectivity index (χ3n) is 3.02. The van der Waals surface area contributed by atoms with Gasteiger partial charge >= 0.3 is 0 Å². The smallest absolute Gasteiger partial charge is 0.260 e. The second-order valence-electron chi connectivity index (χ2n) is 4.67. The lowest BCUT2D eigenvalue weighted by atomic mass is 10.3. The molecule has 0 saturated carbocycles. The van der Waals surface area contributed by atoms with Gasteiger partial charge in [0.05, 0.1) is 25.3 Å². The predicted molar refractivity (Wildman–Crippen MR) is 76.2 cm³/mol. The minimum atomic E-state index is -0.882. The van der Waals surface area contributed by atoms with Crippen molar-refractivity contribution in [1.29, 1.82) is 5.26 Å². The molecule has 2 rings (SSSR count). The molecule has 1 amide bonds. The van der Waals surface area contributed by atoms with E-state index in [0.717, 1.165) is 12.1 Å². The summed E-state index contributed by atoms with van der Waals surface area (Å²) in [6, 6.07) is 8.18. The Morgan fingerprint density at radius 1 is 1.35 bits per heavy atom. The molecule has 0 saturated heterocycles. The number of halogens is 2. The normalized spacial score (nSPS) is 10.1. The second kappa shape index (κ2) is 7.94.